The van der Waals surface area contributed by atoms with Gasteiger partial charge in [-0.05, 0) is 31.2 Å². The van der Waals surface area contributed by atoms with E-state index in [0.29, 0.717) is 12.2 Å². The van der Waals surface area contributed by atoms with Crippen molar-refractivity contribution < 1.29 is 9.90 Å². The lowest BCUT2D eigenvalue weighted by Crippen LogP contribution is -2.37. The molecule has 0 radical (unpaired) electrons. The Hall–Kier alpha value is -1.86. The van der Waals surface area contributed by atoms with Crippen molar-refractivity contribution in [2.24, 2.45) is 7.05 Å². The first-order chi connectivity index (χ1) is 10.5. The van der Waals surface area contributed by atoms with Crippen LogP contribution in [0.2, 0.25) is 0 Å². The molecule has 6 nitrogen and oxygen atoms in total. The molecule has 0 aliphatic heterocycles. The smallest absolute Gasteiger partial charge is 0.320 e. The van der Waals surface area contributed by atoms with Gasteiger partial charge in [-0.25, -0.2) is 4.79 Å². The van der Waals surface area contributed by atoms with Crippen molar-refractivity contribution in [1.29, 1.82) is 0 Å². The van der Waals surface area contributed by atoms with Gasteiger partial charge >= 0.3 is 6.03 Å². The van der Waals surface area contributed by atoms with Gasteiger partial charge in [0, 0.05) is 24.0 Å². The summed E-state index contributed by atoms with van der Waals surface area (Å²) in [5.41, 5.74) is 0.930. The summed E-state index contributed by atoms with van der Waals surface area (Å²) in [5.74, 6) is 0.653. The van der Waals surface area contributed by atoms with Crippen molar-refractivity contribution in [3.63, 3.8) is 0 Å². The average Bonchev–Trinajstić information content (AvgIpc) is 3.09. The number of anilines is 1. The molecular formula is C15H22N4O2S. The summed E-state index contributed by atoms with van der Waals surface area (Å²) < 4.78 is 1.64. The number of aliphatic hydroxyl groups is 1. The predicted molar refractivity (Wildman–Crippen MR) is 88.1 cm³/mol. The lowest BCUT2D eigenvalue weighted by atomic mass is 10.1. The molecule has 7 heteroatoms. The molecule has 0 saturated carbocycles. The molecule has 0 aliphatic carbocycles. The Morgan fingerprint density at radius 3 is 2.91 bits per heavy atom. The van der Waals surface area contributed by atoms with E-state index in [1.807, 2.05) is 37.4 Å². The maximum Gasteiger partial charge on any atom is 0.320 e. The van der Waals surface area contributed by atoms with E-state index in [2.05, 4.69) is 15.7 Å². The number of hydrogen-bond acceptors (Lipinski definition) is 4. The van der Waals surface area contributed by atoms with Crippen molar-refractivity contribution in [3.8, 4) is 0 Å². The third-order valence-corrected chi connectivity index (χ3v) is 4.33. The molecule has 2 rings (SSSR count). The first kappa shape index (κ1) is 16.5. The van der Waals surface area contributed by atoms with Gasteiger partial charge in [0.05, 0.1) is 11.8 Å². The monoisotopic (exact) mass is 322 g/mol. The molecule has 22 heavy (non-hydrogen) atoms. The number of aliphatic hydroxyl groups excluding tert-OH is 1. The van der Waals surface area contributed by atoms with E-state index in [4.69, 9.17) is 0 Å². The van der Waals surface area contributed by atoms with Crippen LogP contribution in [0.3, 0.4) is 0 Å². The minimum absolute atomic E-state index is 0.143. The van der Waals surface area contributed by atoms with Gasteiger partial charge in [0.2, 0.25) is 0 Å². The number of nitrogens with zero attached hydrogens (tertiary/aromatic N) is 2. The summed E-state index contributed by atoms with van der Waals surface area (Å²) in [6.45, 7) is 3.89. The second-order valence-electron chi connectivity index (χ2n) is 5.26. The minimum Gasteiger partial charge on any atom is -0.387 e. The number of urea groups is 1. The zero-order chi connectivity index (χ0) is 16.1. The molecule has 2 aromatic heterocycles. The second-order valence-corrected chi connectivity index (χ2v) is 6.24. The number of hydrogen-bond donors (Lipinski definition) is 3. The van der Waals surface area contributed by atoms with E-state index in [0.717, 1.165) is 17.0 Å². The van der Waals surface area contributed by atoms with E-state index in [9.17, 15) is 9.90 Å². The molecule has 0 aromatic carbocycles. The summed E-state index contributed by atoms with van der Waals surface area (Å²) in [6.07, 6.45) is 0.735. The lowest BCUT2D eigenvalue weighted by molar-refractivity contribution is 0.158. The molecule has 2 amide bonds. The quantitative estimate of drug-likeness (QED) is 0.765. The molecule has 2 atom stereocenters. The number of nitrogens with one attached hydrogen (secondary N) is 2. The molecule has 3 N–H and O–H groups in total. The summed E-state index contributed by atoms with van der Waals surface area (Å²) in [7, 11) is 1.79. The third-order valence-electron chi connectivity index (χ3n) is 3.36. The average molecular weight is 322 g/mol. The standard InChI is InChI=1S/C15H22N4O2S/c1-4-11-9-14(19(3)18-11)17-15(21)16-10(2)8-12(20)13-6-5-7-22-13/h5-7,9-10,12,20H,4,8H2,1-3H3,(H2,16,17,21). The van der Waals surface area contributed by atoms with Crippen molar-refractivity contribution in [1.82, 2.24) is 15.1 Å². The Balaban J connectivity index is 1.84. The Morgan fingerprint density at radius 1 is 1.55 bits per heavy atom. The van der Waals surface area contributed by atoms with Crippen LogP contribution in [0.4, 0.5) is 10.6 Å². The summed E-state index contributed by atoms with van der Waals surface area (Å²) in [6, 6.07) is 5.21. The number of carbonyl (C=O) groups is 1. The molecule has 2 heterocycles. The number of amides is 2. The van der Waals surface area contributed by atoms with Gasteiger partial charge in [0.15, 0.2) is 0 Å². The molecule has 0 spiro atoms. The Morgan fingerprint density at radius 2 is 2.32 bits per heavy atom. The fourth-order valence-electron chi connectivity index (χ4n) is 2.18. The highest BCUT2D eigenvalue weighted by Gasteiger charge is 2.16. The van der Waals surface area contributed by atoms with E-state index >= 15 is 0 Å². The van der Waals surface area contributed by atoms with Crippen LogP contribution in [0.25, 0.3) is 0 Å². The van der Waals surface area contributed by atoms with E-state index in [1.165, 1.54) is 11.3 Å². The number of thiophene rings is 1. The molecule has 0 saturated heterocycles. The van der Waals surface area contributed by atoms with E-state index in [1.54, 1.807) is 11.7 Å². The molecular weight excluding hydrogens is 300 g/mol. The van der Waals surface area contributed by atoms with Crippen LogP contribution in [0.15, 0.2) is 23.6 Å². The van der Waals surface area contributed by atoms with Gasteiger partial charge in [-0.1, -0.05) is 13.0 Å². The van der Waals surface area contributed by atoms with Crippen LogP contribution in [-0.2, 0) is 13.5 Å². The largest absolute Gasteiger partial charge is 0.387 e. The molecule has 0 aliphatic rings. The van der Waals surface area contributed by atoms with Crippen LogP contribution in [0, 0.1) is 0 Å². The van der Waals surface area contributed by atoms with Crippen molar-refractivity contribution in [3.05, 3.63) is 34.2 Å². The maximum absolute atomic E-state index is 12.0. The third kappa shape index (κ3) is 4.32. The van der Waals surface area contributed by atoms with Gasteiger partial charge in [-0.3, -0.25) is 10.00 Å². The van der Waals surface area contributed by atoms with Gasteiger partial charge < -0.3 is 10.4 Å². The zero-order valence-corrected chi connectivity index (χ0v) is 13.9. The van der Waals surface area contributed by atoms with Crippen LogP contribution in [-0.4, -0.2) is 27.0 Å². The van der Waals surface area contributed by atoms with Crippen molar-refractivity contribution in [2.75, 3.05) is 5.32 Å². The molecule has 0 fully saturated rings. The minimum atomic E-state index is -0.557. The second kappa shape index (κ2) is 7.42. The van der Waals surface area contributed by atoms with Gasteiger partial charge in [-0.15, -0.1) is 11.3 Å². The molecule has 0 bridgehead atoms. The summed E-state index contributed by atoms with van der Waals surface area (Å²) in [4.78, 5) is 12.9. The zero-order valence-electron chi connectivity index (χ0n) is 13.0. The Kier molecular flexibility index (Phi) is 5.57. The van der Waals surface area contributed by atoms with Gasteiger partial charge in [-0.2, -0.15) is 5.10 Å². The Bertz CT molecular complexity index is 609. The topological polar surface area (TPSA) is 79.2 Å². The van der Waals surface area contributed by atoms with Crippen molar-refractivity contribution in [2.45, 2.75) is 38.8 Å². The number of carbonyl (C=O) groups excluding carboxylic acids is 1. The van der Waals surface area contributed by atoms with Gasteiger partial charge in [0.25, 0.3) is 0 Å². The Labute approximate surface area is 134 Å². The van der Waals surface area contributed by atoms with Crippen LogP contribution >= 0.6 is 11.3 Å². The number of aromatic nitrogens is 2. The predicted octanol–water partition coefficient (Wildman–Crippen LogP) is 2.68. The number of aryl methyl sites for hydroxylation is 2. The number of rotatable bonds is 6. The fraction of sp³-hybridized carbons (Fsp3) is 0.467. The SMILES string of the molecule is CCc1cc(NC(=O)NC(C)CC(O)c2cccs2)n(C)n1. The maximum atomic E-state index is 12.0. The van der Waals surface area contributed by atoms with E-state index < -0.39 is 6.10 Å². The highest BCUT2D eigenvalue weighted by Crippen LogP contribution is 2.22. The molecule has 2 unspecified atom stereocenters. The highest BCUT2D eigenvalue weighted by molar-refractivity contribution is 7.10. The van der Waals surface area contributed by atoms with Crippen LogP contribution in [0.5, 0.6) is 0 Å². The lowest BCUT2D eigenvalue weighted by Gasteiger charge is -2.17. The van der Waals surface area contributed by atoms with Crippen molar-refractivity contribution >= 4 is 23.2 Å². The van der Waals surface area contributed by atoms with E-state index in [-0.39, 0.29) is 12.1 Å². The first-order valence-corrected chi connectivity index (χ1v) is 8.19. The fourth-order valence-corrected chi connectivity index (χ4v) is 2.91. The van der Waals surface area contributed by atoms with Crippen LogP contribution in [0.1, 0.15) is 36.9 Å². The first-order valence-electron chi connectivity index (χ1n) is 7.31. The van der Waals surface area contributed by atoms with Gasteiger partial charge in [0.1, 0.15) is 5.82 Å². The molecule has 120 valence electrons. The molecule has 2 aromatic rings. The highest BCUT2D eigenvalue weighted by atomic mass is 32.1. The summed E-state index contributed by atoms with van der Waals surface area (Å²) >= 11 is 1.51. The normalized spacial score (nSPS) is 13.6. The van der Waals surface area contributed by atoms with Crippen LogP contribution < -0.4 is 10.6 Å². The summed E-state index contributed by atoms with van der Waals surface area (Å²) in [5, 5.41) is 21.9.